The van der Waals surface area contributed by atoms with E-state index in [-0.39, 0.29) is 17.0 Å². The average molecular weight is 349 g/mol. The highest BCUT2D eigenvalue weighted by atomic mass is 28.3. The molecule has 0 heterocycles. The lowest BCUT2D eigenvalue weighted by Crippen LogP contribution is -2.41. The first-order chi connectivity index (χ1) is 10.9. The number of rotatable bonds is 4. The third kappa shape index (κ3) is 5.50. The van der Waals surface area contributed by atoms with Gasteiger partial charge in [0.05, 0.1) is 0 Å². The molecule has 0 fully saturated rings. The molecule has 0 bridgehead atoms. The first-order valence-electron chi connectivity index (χ1n) is 7.73. The van der Waals surface area contributed by atoms with Gasteiger partial charge in [0.25, 0.3) is 5.91 Å². The minimum atomic E-state index is -1.83. The molecule has 130 valence electrons. The molecule has 0 aliphatic carbocycles. The summed E-state index contributed by atoms with van der Waals surface area (Å²) in [4.78, 5) is 23.4. The summed E-state index contributed by atoms with van der Waals surface area (Å²) >= 11 is 0. The van der Waals surface area contributed by atoms with Gasteiger partial charge in [0.1, 0.15) is 19.9 Å². The molecule has 1 rings (SSSR count). The number of hydrogen-bond acceptors (Lipinski definition) is 2. The molecule has 4 nitrogen and oxygen atoms in total. The Labute approximate surface area is 143 Å². The van der Waals surface area contributed by atoms with Crippen molar-refractivity contribution in [2.24, 2.45) is 0 Å². The standard InChI is InChI=1S/C18H24FNO3Si/c1-18(2,3)24(4,5)12-6-7-15(17(22)23)20-16(21)13-8-10-14(19)11-9-13/h8-11,15H,7H2,1-5H3,(H,20,21)(H,22,23)/t15-/m0/s1. The van der Waals surface area contributed by atoms with E-state index < -0.39 is 31.8 Å². The maximum Gasteiger partial charge on any atom is 0.327 e. The van der Waals surface area contributed by atoms with Crippen molar-refractivity contribution in [1.29, 1.82) is 0 Å². The van der Waals surface area contributed by atoms with E-state index in [0.717, 1.165) is 12.1 Å². The van der Waals surface area contributed by atoms with Crippen LogP contribution in [0.5, 0.6) is 0 Å². The van der Waals surface area contributed by atoms with E-state index in [1.807, 2.05) is 0 Å². The quantitative estimate of drug-likeness (QED) is 0.646. The molecule has 24 heavy (non-hydrogen) atoms. The zero-order valence-electron chi connectivity index (χ0n) is 14.7. The lowest BCUT2D eigenvalue weighted by molar-refractivity contribution is -0.139. The Morgan fingerprint density at radius 3 is 2.25 bits per heavy atom. The van der Waals surface area contributed by atoms with Crippen molar-refractivity contribution >= 4 is 20.0 Å². The highest BCUT2D eigenvalue weighted by Gasteiger charge is 2.33. The molecular formula is C18H24FNO3Si. The Morgan fingerprint density at radius 2 is 1.79 bits per heavy atom. The highest BCUT2D eigenvalue weighted by Crippen LogP contribution is 2.35. The molecular weight excluding hydrogens is 325 g/mol. The first kappa shape index (κ1) is 19.9. The van der Waals surface area contributed by atoms with Gasteiger partial charge in [-0.3, -0.25) is 4.79 Å². The van der Waals surface area contributed by atoms with Gasteiger partial charge in [-0.1, -0.05) is 33.9 Å². The molecule has 0 aliphatic rings. The van der Waals surface area contributed by atoms with E-state index in [1.54, 1.807) is 0 Å². The third-order valence-electron chi connectivity index (χ3n) is 4.29. The Morgan fingerprint density at radius 1 is 1.25 bits per heavy atom. The van der Waals surface area contributed by atoms with Crippen molar-refractivity contribution in [3.8, 4) is 11.5 Å². The molecule has 0 aromatic heterocycles. The number of aliphatic carboxylic acids is 1. The van der Waals surface area contributed by atoms with Crippen LogP contribution in [-0.4, -0.2) is 31.1 Å². The summed E-state index contributed by atoms with van der Waals surface area (Å²) in [6.07, 6.45) is 0.0365. The van der Waals surface area contributed by atoms with Crippen molar-refractivity contribution < 1.29 is 19.1 Å². The number of benzene rings is 1. The number of amides is 1. The van der Waals surface area contributed by atoms with Gasteiger partial charge < -0.3 is 10.4 Å². The van der Waals surface area contributed by atoms with Crippen LogP contribution in [0.3, 0.4) is 0 Å². The summed E-state index contributed by atoms with van der Waals surface area (Å²) in [6.45, 7) is 10.6. The molecule has 0 radical (unpaired) electrons. The van der Waals surface area contributed by atoms with Crippen molar-refractivity contribution in [3.63, 3.8) is 0 Å². The third-order valence-corrected chi connectivity index (χ3v) is 8.84. The summed E-state index contributed by atoms with van der Waals surface area (Å²) in [5, 5.41) is 11.8. The lowest BCUT2D eigenvalue weighted by Gasteiger charge is -2.31. The normalized spacial score (nSPS) is 12.8. The SMILES string of the molecule is CC(C)(C)[Si](C)(C)C#CC[C@H](NC(=O)c1ccc(F)cc1)C(=O)O. The Bertz CT molecular complexity index is 666. The first-order valence-corrected chi connectivity index (χ1v) is 10.7. The van der Waals surface area contributed by atoms with Crippen LogP contribution in [0.25, 0.3) is 0 Å². The summed E-state index contributed by atoms with van der Waals surface area (Å²) in [5.74, 6) is 0.777. The van der Waals surface area contributed by atoms with Crippen LogP contribution in [0.15, 0.2) is 24.3 Å². The van der Waals surface area contributed by atoms with Crippen LogP contribution in [0.4, 0.5) is 4.39 Å². The Hall–Kier alpha value is -2.13. The van der Waals surface area contributed by atoms with Crippen molar-refractivity contribution in [1.82, 2.24) is 5.32 Å². The number of carbonyl (C=O) groups is 2. The smallest absolute Gasteiger partial charge is 0.327 e. The number of hydrogen-bond donors (Lipinski definition) is 2. The van der Waals surface area contributed by atoms with Gasteiger partial charge in [-0.25, -0.2) is 9.18 Å². The molecule has 1 aromatic carbocycles. The maximum absolute atomic E-state index is 12.9. The fraction of sp³-hybridized carbons (Fsp3) is 0.444. The summed E-state index contributed by atoms with van der Waals surface area (Å²) in [7, 11) is -1.83. The monoisotopic (exact) mass is 349 g/mol. The van der Waals surface area contributed by atoms with Gasteiger partial charge in [-0.15, -0.1) is 11.5 Å². The highest BCUT2D eigenvalue weighted by molar-refractivity contribution is 6.87. The number of halogens is 1. The van der Waals surface area contributed by atoms with Crippen LogP contribution in [0.2, 0.25) is 18.1 Å². The second kappa shape index (κ2) is 7.62. The number of nitrogens with one attached hydrogen (secondary N) is 1. The summed E-state index contributed by atoms with van der Waals surface area (Å²) in [5.41, 5.74) is 3.44. The molecule has 1 amide bonds. The molecule has 2 N–H and O–H groups in total. The molecule has 6 heteroatoms. The minimum absolute atomic E-state index is 0.0365. The minimum Gasteiger partial charge on any atom is -0.480 e. The molecule has 0 spiro atoms. The van der Waals surface area contributed by atoms with E-state index in [0.29, 0.717) is 0 Å². The van der Waals surface area contributed by atoms with Crippen molar-refractivity contribution in [2.45, 2.75) is 51.4 Å². The van der Waals surface area contributed by atoms with E-state index in [1.165, 1.54) is 12.1 Å². The van der Waals surface area contributed by atoms with Crippen molar-refractivity contribution in [3.05, 3.63) is 35.6 Å². The van der Waals surface area contributed by atoms with Crippen LogP contribution in [0.1, 0.15) is 37.6 Å². The van der Waals surface area contributed by atoms with Gasteiger partial charge >= 0.3 is 5.97 Å². The number of carbonyl (C=O) groups excluding carboxylic acids is 1. The van der Waals surface area contributed by atoms with Gasteiger partial charge in [0.15, 0.2) is 0 Å². The molecule has 0 unspecified atom stereocenters. The second-order valence-electron chi connectivity index (χ2n) is 7.25. The summed E-state index contributed by atoms with van der Waals surface area (Å²) < 4.78 is 12.9. The predicted molar refractivity (Wildman–Crippen MR) is 94.9 cm³/mol. The molecule has 1 atom stereocenters. The predicted octanol–water partition coefficient (Wildman–Crippen LogP) is 3.45. The van der Waals surface area contributed by atoms with Crippen LogP contribution in [0, 0.1) is 17.3 Å². The van der Waals surface area contributed by atoms with E-state index in [2.05, 4.69) is 50.6 Å². The topological polar surface area (TPSA) is 66.4 Å². The van der Waals surface area contributed by atoms with Gasteiger partial charge in [0, 0.05) is 12.0 Å². The van der Waals surface area contributed by atoms with E-state index >= 15 is 0 Å². The van der Waals surface area contributed by atoms with Gasteiger partial charge in [-0.05, 0) is 29.3 Å². The lowest BCUT2D eigenvalue weighted by atomic mass is 10.1. The molecule has 0 saturated heterocycles. The maximum atomic E-state index is 12.9. The molecule has 0 aliphatic heterocycles. The molecule has 0 saturated carbocycles. The van der Waals surface area contributed by atoms with Crippen LogP contribution in [-0.2, 0) is 4.79 Å². The largest absolute Gasteiger partial charge is 0.480 e. The zero-order valence-corrected chi connectivity index (χ0v) is 15.7. The Balaban J connectivity index is 2.81. The van der Waals surface area contributed by atoms with E-state index in [9.17, 15) is 19.1 Å². The second-order valence-corrected chi connectivity index (χ2v) is 12.3. The zero-order chi connectivity index (χ0) is 18.5. The van der Waals surface area contributed by atoms with Gasteiger partial charge in [0.2, 0.25) is 0 Å². The summed E-state index contributed by atoms with van der Waals surface area (Å²) in [6, 6.07) is 3.83. The fourth-order valence-corrected chi connectivity index (χ4v) is 2.52. The Kier molecular flexibility index (Phi) is 6.33. The fourth-order valence-electron chi connectivity index (χ4n) is 1.60. The van der Waals surface area contributed by atoms with Crippen molar-refractivity contribution in [2.75, 3.05) is 0 Å². The van der Waals surface area contributed by atoms with Crippen LogP contribution >= 0.6 is 0 Å². The molecule has 1 aromatic rings. The number of carboxylic acid groups (broad SMARTS) is 1. The van der Waals surface area contributed by atoms with E-state index in [4.69, 9.17) is 0 Å². The van der Waals surface area contributed by atoms with Crippen LogP contribution < -0.4 is 5.32 Å². The number of carboxylic acids is 1. The average Bonchev–Trinajstić information content (AvgIpc) is 2.45. The van der Waals surface area contributed by atoms with Gasteiger partial charge in [-0.2, -0.15) is 0 Å².